The van der Waals surface area contributed by atoms with Gasteiger partial charge in [-0.15, -0.1) is 0 Å². The average Bonchev–Trinajstić information content (AvgIpc) is 3.78. The molecule has 0 saturated carbocycles. The van der Waals surface area contributed by atoms with Gasteiger partial charge in [0.25, 0.3) is 0 Å². The number of benzene rings is 8. The fraction of sp³-hybridized carbons (Fsp3) is 0. The van der Waals surface area contributed by atoms with Gasteiger partial charge in [0, 0.05) is 56.8 Å². The van der Waals surface area contributed by atoms with Crippen LogP contribution in [0.2, 0.25) is 0 Å². The zero-order chi connectivity index (χ0) is 34.9. The molecule has 0 amide bonds. The molecule has 5 nitrogen and oxygen atoms in total. The third kappa shape index (κ3) is 4.79. The van der Waals surface area contributed by atoms with Crippen molar-refractivity contribution in [2.24, 2.45) is 0 Å². The van der Waals surface area contributed by atoms with Crippen molar-refractivity contribution in [3.63, 3.8) is 0 Å². The van der Waals surface area contributed by atoms with E-state index in [2.05, 4.69) is 137 Å². The monoisotopic (exact) mass is 682 g/mol. The smallest absolute Gasteiger partial charge is 0.153 e. The molecule has 0 radical (unpaired) electrons. The van der Waals surface area contributed by atoms with E-state index < -0.39 is 0 Å². The maximum Gasteiger partial charge on any atom is 0.153 e. The molecule has 53 heavy (non-hydrogen) atoms. The third-order valence-electron chi connectivity index (χ3n) is 10.2. The Labute approximate surface area is 305 Å². The van der Waals surface area contributed by atoms with Crippen molar-refractivity contribution in [1.29, 1.82) is 0 Å². The lowest BCUT2D eigenvalue weighted by Gasteiger charge is -2.34. The van der Waals surface area contributed by atoms with Crippen molar-refractivity contribution in [2.75, 3.05) is 9.80 Å². The highest BCUT2D eigenvalue weighted by Crippen LogP contribution is 2.53. The van der Waals surface area contributed by atoms with E-state index >= 15 is 0 Å². The molecular weight excluding hydrogens is 653 g/mol. The fourth-order valence-electron chi connectivity index (χ4n) is 7.77. The highest BCUT2D eigenvalue weighted by atomic mass is 16.5. The summed E-state index contributed by atoms with van der Waals surface area (Å²) in [6.45, 7) is 0. The van der Waals surface area contributed by atoms with Gasteiger partial charge < -0.3 is 23.4 Å². The summed E-state index contributed by atoms with van der Waals surface area (Å²) < 4.78 is 19.4. The van der Waals surface area contributed by atoms with Gasteiger partial charge in [0.05, 0.1) is 17.1 Å². The summed E-state index contributed by atoms with van der Waals surface area (Å²) >= 11 is 0. The minimum atomic E-state index is 0.750. The first kappa shape index (κ1) is 29.5. The summed E-state index contributed by atoms with van der Waals surface area (Å²) in [5, 5.41) is 4.40. The zero-order valence-corrected chi connectivity index (χ0v) is 28.4. The molecule has 0 aliphatic carbocycles. The molecule has 11 rings (SSSR count). The summed E-state index contributed by atoms with van der Waals surface area (Å²) in [4.78, 5) is 4.53. The molecule has 0 unspecified atom stereocenters. The second-order valence-electron chi connectivity index (χ2n) is 13.4. The molecule has 0 atom stereocenters. The van der Waals surface area contributed by atoms with Crippen molar-refractivity contribution in [2.45, 2.75) is 0 Å². The highest BCUT2D eigenvalue weighted by Gasteiger charge is 2.28. The maximum atomic E-state index is 6.72. The molecule has 1 aliphatic rings. The van der Waals surface area contributed by atoms with E-state index in [0.717, 1.165) is 101 Å². The van der Waals surface area contributed by atoms with Crippen LogP contribution in [0.15, 0.2) is 191 Å². The van der Waals surface area contributed by atoms with Crippen molar-refractivity contribution in [1.82, 2.24) is 0 Å². The second kappa shape index (κ2) is 11.7. The van der Waals surface area contributed by atoms with Crippen LogP contribution in [-0.4, -0.2) is 0 Å². The molecule has 0 bridgehead atoms. The van der Waals surface area contributed by atoms with E-state index in [-0.39, 0.29) is 0 Å². The van der Waals surface area contributed by atoms with Gasteiger partial charge in [-0.25, -0.2) is 0 Å². The minimum absolute atomic E-state index is 0.750. The number of anilines is 6. The fourth-order valence-corrected chi connectivity index (χ4v) is 7.77. The van der Waals surface area contributed by atoms with Crippen molar-refractivity contribution >= 4 is 78.0 Å². The molecule has 2 aromatic heterocycles. The molecule has 5 heteroatoms. The number of furan rings is 2. The first-order valence-electron chi connectivity index (χ1n) is 17.7. The number of fused-ring (bicyclic) bond motifs is 8. The largest absolute Gasteiger partial charge is 0.456 e. The number of para-hydroxylation sites is 4. The van der Waals surface area contributed by atoms with Gasteiger partial charge in [0.1, 0.15) is 22.3 Å². The van der Waals surface area contributed by atoms with Gasteiger partial charge in [0.2, 0.25) is 0 Å². The van der Waals surface area contributed by atoms with E-state index in [0.29, 0.717) is 0 Å². The SMILES string of the molecule is c1ccc(-c2cccc(N(c3ccc4c(c3)Oc3ccccc3N4c3ccc4c(c3)oc3ccccc34)c3ccc4c(c3)oc3ccccc34)c2)cc1. The quantitative estimate of drug-likeness (QED) is 0.181. The van der Waals surface area contributed by atoms with Crippen LogP contribution in [0.25, 0.3) is 55.0 Å². The predicted octanol–water partition coefficient (Wildman–Crippen LogP) is 14.2. The van der Waals surface area contributed by atoms with E-state index in [9.17, 15) is 0 Å². The Morgan fingerprint density at radius 3 is 1.75 bits per heavy atom. The Balaban J connectivity index is 1.08. The van der Waals surface area contributed by atoms with E-state index in [1.807, 2.05) is 54.6 Å². The van der Waals surface area contributed by atoms with E-state index in [1.54, 1.807) is 0 Å². The van der Waals surface area contributed by atoms with Crippen molar-refractivity contribution < 1.29 is 13.6 Å². The van der Waals surface area contributed by atoms with Crippen LogP contribution in [0, 0.1) is 0 Å². The normalized spacial score (nSPS) is 12.3. The zero-order valence-electron chi connectivity index (χ0n) is 28.4. The number of ether oxygens (including phenoxy) is 1. The average molecular weight is 683 g/mol. The van der Waals surface area contributed by atoms with Crippen LogP contribution in [0.1, 0.15) is 0 Å². The summed E-state index contributed by atoms with van der Waals surface area (Å²) in [5.41, 5.74) is 11.6. The summed E-state index contributed by atoms with van der Waals surface area (Å²) in [7, 11) is 0. The summed E-state index contributed by atoms with van der Waals surface area (Å²) in [6.07, 6.45) is 0. The van der Waals surface area contributed by atoms with Crippen molar-refractivity contribution in [3.05, 3.63) is 182 Å². The first-order valence-corrected chi connectivity index (χ1v) is 17.7. The predicted molar refractivity (Wildman–Crippen MR) is 216 cm³/mol. The Hall–Kier alpha value is -7.24. The van der Waals surface area contributed by atoms with Gasteiger partial charge in [-0.05, 0) is 83.9 Å². The van der Waals surface area contributed by atoms with Gasteiger partial charge in [-0.3, -0.25) is 0 Å². The van der Waals surface area contributed by atoms with E-state index in [1.165, 1.54) is 0 Å². The third-order valence-corrected chi connectivity index (χ3v) is 10.2. The second-order valence-corrected chi connectivity index (χ2v) is 13.4. The van der Waals surface area contributed by atoms with Crippen LogP contribution in [-0.2, 0) is 0 Å². The van der Waals surface area contributed by atoms with E-state index in [4.69, 9.17) is 13.6 Å². The van der Waals surface area contributed by atoms with Crippen molar-refractivity contribution in [3.8, 4) is 22.6 Å². The molecule has 0 N–H and O–H groups in total. The maximum absolute atomic E-state index is 6.72. The highest BCUT2D eigenvalue weighted by molar-refractivity contribution is 6.07. The standard InChI is InChI=1S/C48H30N2O3/c1-2-11-31(12-3-1)32-13-10-14-33(27-32)49(34-21-24-39-37-15-4-7-18-43(37)51-46(39)28-34)35-23-26-42-48(30-35)53-45-20-9-6-17-41(45)50(42)36-22-25-40-38-16-5-8-19-44(38)52-47(40)29-36/h1-30H. The molecule has 250 valence electrons. The van der Waals surface area contributed by atoms with Gasteiger partial charge >= 0.3 is 0 Å². The molecule has 1 aliphatic heterocycles. The lowest BCUT2D eigenvalue weighted by molar-refractivity contribution is 0.477. The van der Waals surface area contributed by atoms with Crippen LogP contribution in [0.5, 0.6) is 11.5 Å². The number of hydrogen-bond acceptors (Lipinski definition) is 5. The number of rotatable bonds is 5. The van der Waals surface area contributed by atoms with Crippen LogP contribution >= 0.6 is 0 Å². The molecule has 10 aromatic rings. The van der Waals surface area contributed by atoms with Crippen LogP contribution in [0.4, 0.5) is 34.1 Å². The van der Waals surface area contributed by atoms with Crippen LogP contribution < -0.4 is 14.5 Å². The minimum Gasteiger partial charge on any atom is -0.456 e. The Kier molecular flexibility index (Phi) is 6.48. The molecule has 0 saturated heterocycles. The lowest BCUT2D eigenvalue weighted by Crippen LogP contribution is -2.17. The summed E-state index contributed by atoms with van der Waals surface area (Å²) in [6, 6.07) is 63.0. The Bertz CT molecular complexity index is 3010. The topological polar surface area (TPSA) is 42.0 Å². The first-order chi connectivity index (χ1) is 26.2. The van der Waals surface area contributed by atoms with Gasteiger partial charge in [0.15, 0.2) is 11.5 Å². The molecular formula is C48H30N2O3. The molecule has 3 heterocycles. The molecule has 0 fully saturated rings. The lowest BCUT2D eigenvalue weighted by atomic mass is 10.0. The number of hydrogen-bond donors (Lipinski definition) is 0. The number of nitrogens with zero attached hydrogens (tertiary/aromatic N) is 2. The Morgan fingerprint density at radius 1 is 0.358 bits per heavy atom. The molecule has 0 spiro atoms. The Morgan fingerprint density at radius 2 is 0.943 bits per heavy atom. The molecule has 8 aromatic carbocycles. The van der Waals surface area contributed by atoms with Crippen LogP contribution in [0.3, 0.4) is 0 Å². The van der Waals surface area contributed by atoms with Gasteiger partial charge in [-0.2, -0.15) is 0 Å². The summed E-state index contributed by atoms with van der Waals surface area (Å²) in [5.74, 6) is 1.53. The van der Waals surface area contributed by atoms with Gasteiger partial charge in [-0.1, -0.05) is 91.0 Å².